The lowest BCUT2D eigenvalue weighted by Crippen LogP contribution is -2.07. The molecule has 3 aromatic carbocycles. The number of hydrogen-bond donors (Lipinski definition) is 0. The van der Waals surface area contributed by atoms with Crippen molar-refractivity contribution in [3.05, 3.63) is 78.4 Å². The Morgan fingerprint density at radius 2 is 1.24 bits per heavy atom. The van der Waals surface area contributed by atoms with Gasteiger partial charge in [-0.2, -0.15) is 0 Å². The van der Waals surface area contributed by atoms with Crippen LogP contribution < -0.4 is 5.46 Å². The van der Waals surface area contributed by atoms with Gasteiger partial charge in [-0.15, -0.1) is 0 Å². The maximum absolute atomic E-state index is 14.3. The van der Waals surface area contributed by atoms with Gasteiger partial charge in [0.2, 0.25) is 0 Å². The summed E-state index contributed by atoms with van der Waals surface area (Å²) in [6, 6.07) is 19.3. The minimum atomic E-state index is -0.306. The fourth-order valence-corrected chi connectivity index (χ4v) is 2.32. The van der Waals surface area contributed by atoms with Crippen LogP contribution in [0.3, 0.4) is 0 Å². The molecule has 102 valence electrons. The summed E-state index contributed by atoms with van der Waals surface area (Å²) in [5, 5.41) is 0. The van der Waals surface area contributed by atoms with E-state index in [0.29, 0.717) is 22.2 Å². The third kappa shape index (κ3) is 2.73. The fraction of sp³-hybridized carbons (Fsp3) is 0. The van der Waals surface area contributed by atoms with Crippen molar-refractivity contribution < 1.29 is 8.78 Å². The van der Waals surface area contributed by atoms with Crippen LogP contribution in [-0.2, 0) is 0 Å². The first-order chi connectivity index (χ1) is 10.1. The van der Waals surface area contributed by atoms with Gasteiger partial charge in [-0.05, 0) is 28.8 Å². The van der Waals surface area contributed by atoms with Crippen LogP contribution in [0.15, 0.2) is 66.7 Å². The second-order valence-electron chi connectivity index (χ2n) is 5.02. The maximum atomic E-state index is 14.3. The Hall–Kier alpha value is -2.42. The van der Waals surface area contributed by atoms with Gasteiger partial charge >= 0.3 is 0 Å². The van der Waals surface area contributed by atoms with Crippen molar-refractivity contribution in [1.29, 1.82) is 0 Å². The van der Waals surface area contributed by atoms with E-state index in [-0.39, 0.29) is 11.6 Å². The number of benzene rings is 3. The summed E-state index contributed by atoms with van der Waals surface area (Å²) in [5.41, 5.74) is 3.31. The molecule has 3 heteroatoms. The van der Waals surface area contributed by atoms with E-state index >= 15 is 0 Å². The largest absolute Gasteiger partial charge is 0.208 e. The fourth-order valence-electron chi connectivity index (χ4n) is 2.32. The van der Waals surface area contributed by atoms with E-state index in [1.807, 2.05) is 36.4 Å². The van der Waals surface area contributed by atoms with Gasteiger partial charge in [0.1, 0.15) is 19.5 Å². The third-order valence-corrected chi connectivity index (χ3v) is 3.56. The molecule has 0 aliphatic carbocycles. The van der Waals surface area contributed by atoms with Crippen molar-refractivity contribution in [3.8, 4) is 22.3 Å². The molecule has 0 nitrogen and oxygen atoms in total. The van der Waals surface area contributed by atoms with Crippen LogP contribution in [0.2, 0.25) is 0 Å². The SMILES string of the molecule is Bc1ccc(-c2ccc(-c3ccccc3)c(F)c2)cc1F. The number of halogens is 2. The predicted octanol–water partition coefficient (Wildman–Crippen LogP) is 3.56. The van der Waals surface area contributed by atoms with Gasteiger partial charge in [0.25, 0.3) is 0 Å². The quantitative estimate of drug-likeness (QED) is 0.629. The normalized spacial score (nSPS) is 10.6. The Bertz CT molecular complexity index is 782. The zero-order valence-corrected chi connectivity index (χ0v) is 11.6. The lowest BCUT2D eigenvalue weighted by atomic mass is 9.92. The van der Waals surface area contributed by atoms with Gasteiger partial charge in [-0.1, -0.05) is 60.1 Å². The molecule has 3 aromatic rings. The molecule has 0 radical (unpaired) electrons. The summed E-state index contributed by atoms with van der Waals surface area (Å²) in [6.45, 7) is 0. The van der Waals surface area contributed by atoms with Gasteiger partial charge in [-0.25, -0.2) is 8.78 Å². The molecule has 21 heavy (non-hydrogen) atoms. The van der Waals surface area contributed by atoms with Crippen molar-refractivity contribution in [2.45, 2.75) is 0 Å². The van der Waals surface area contributed by atoms with Crippen LogP contribution >= 0.6 is 0 Å². The highest BCUT2D eigenvalue weighted by molar-refractivity contribution is 6.32. The molecule has 0 fully saturated rings. The van der Waals surface area contributed by atoms with Crippen LogP contribution in [0.25, 0.3) is 22.3 Å². The Morgan fingerprint density at radius 3 is 1.86 bits per heavy atom. The molecular weight excluding hydrogens is 265 g/mol. The van der Waals surface area contributed by atoms with Gasteiger partial charge < -0.3 is 0 Å². The summed E-state index contributed by atoms with van der Waals surface area (Å²) in [6.07, 6.45) is 0. The van der Waals surface area contributed by atoms with Gasteiger partial charge in [-0.3, -0.25) is 0 Å². The smallest absolute Gasteiger partial charge is 0.143 e. The topological polar surface area (TPSA) is 0 Å². The second-order valence-corrected chi connectivity index (χ2v) is 5.02. The molecule has 0 aliphatic rings. The van der Waals surface area contributed by atoms with E-state index < -0.39 is 0 Å². The lowest BCUT2D eigenvalue weighted by molar-refractivity contribution is 0.631. The molecule has 0 aliphatic heterocycles. The molecule has 0 spiro atoms. The van der Waals surface area contributed by atoms with E-state index in [4.69, 9.17) is 0 Å². The average molecular weight is 278 g/mol. The summed E-state index contributed by atoms with van der Waals surface area (Å²) < 4.78 is 27.9. The zero-order valence-electron chi connectivity index (χ0n) is 11.6. The summed E-state index contributed by atoms with van der Waals surface area (Å²) in [4.78, 5) is 0. The highest BCUT2D eigenvalue weighted by atomic mass is 19.1. The van der Waals surface area contributed by atoms with Crippen LogP contribution in [0.1, 0.15) is 0 Å². The highest BCUT2D eigenvalue weighted by Crippen LogP contribution is 2.27. The molecule has 0 N–H and O–H groups in total. The summed E-state index contributed by atoms with van der Waals surface area (Å²) in [5.74, 6) is -0.584. The third-order valence-electron chi connectivity index (χ3n) is 3.56. The Labute approximate surface area is 123 Å². The lowest BCUT2D eigenvalue weighted by Gasteiger charge is -2.08. The van der Waals surface area contributed by atoms with Gasteiger partial charge in [0.15, 0.2) is 0 Å². The molecule has 0 saturated heterocycles. The van der Waals surface area contributed by atoms with Crippen molar-refractivity contribution in [1.82, 2.24) is 0 Å². The zero-order chi connectivity index (χ0) is 14.8. The molecule has 0 bridgehead atoms. The molecule has 3 rings (SSSR count). The molecule has 0 amide bonds. The average Bonchev–Trinajstić information content (AvgIpc) is 2.51. The first-order valence-corrected chi connectivity index (χ1v) is 6.76. The molecule has 0 saturated carbocycles. The van der Waals surface area contributed by atoms with Crippen molar-refractivity contribution in [3.63, 3.8) is 0 Å². The number of rotatable bonds is 2. The highest BCUT2D eigenvalue weighted by Gasteiger charge is 2.08. The molecule has 0 aromatic heterocycles. The predicted molar refractivity (Wildman–Crippen MR) is 85.4 cm³/mol. The van der Waals surface area contributed by atoms with Crippen molar-refractivity contribution >= 4 is 13.3 Å². The molecule has 0 atom stereocenters. The summed E-state index contributed by atoms with van der Waals surface area (Å²) in [7, 11) is 1.71. The molecule has 0 unspecified atom stereocenters. The molecular formula is C18H13BF2. The standard InChI is InChI=1S/C18H13BF2/c19-16-9-7-14(11-18(16)21)13-6-8-15(17(20)10-13)12-4-2-1-3-5-12/h1-11H,19H2. The van der Waals surface area contributed by atoms with Crippen LogP contribution in [0, 0.1) is 11.6 Å². The van der Waals surface area contributed by atoms with E-state index in [0.717, 1.165) is 5.56 Å². The van der Waals surface area contributed by atoms with E-state index in [2.05, 4.69) is 0 Å². The minimum Gasteiger partial charge on any atom is -0.208 e. The van der Waals surface area contributed by atoms with E-state index in [9.17, 15) is 8.78 Å². The van der Waals surface area contributed by atoms with Crippen LogP contribution in [0.4, 0.5) is 8.78 Å². The van der Waals surface area contributed by atoms with Crippen molar-refractivity contribution in [2.75, 3.05) is 0 Å². The Kier molecular flexibility index (Phi) is 3.57. The second kappa shape index (κ2) is 5.53. The summed E-state index contributed by atoms with van der Waals surface area (Å²) >= 11 is 0. The van der Waals surface area contributed by atoms with E-state index in [1.54, 1.807) is 26.0 Å². The molecule has 0 heterocycles. The first-order valence-electron chi connectivity index (χ1n) is 6.76. The number of hydrogen-bond acceptors (Lipinski definition) is 0. The monoisotopic (exact) mass is 278 g/mol. The maximum Gasteiger partial charge on any atom is 0.143 e. The van der Waals surface area contributed by atoms with Crippen molar-refractivity contribution in [2.24, 2.45) is 0 Å². The minimum absolute atomic E-state index is 0.278. The van der Waals surface area contributed by atoms with E-state index in [1.165, 1.54) is 12.1 Å². The Balaban J connectivity index is 2.03. The van der Waals surface area contributed by atoms with Crippen LogP contribution in [0.5, 0.6) is 0 Å². The van der Waals surface area contributed by atoms with Crippen LogP contribution in [-0.4, -0.2) is 7.85 Å². The van der Waals surface area contributed by atoms with Gasteiger partial charge in [0, 0.05) is 5.56 Å². The Morgan fingerprint density at radius 1 is 0.619 bits per heavy atom. The first kappa shape index (κ1) is 13.6. The van der Waals surface area contributed by atoms with Gasteiger partial charge in [0.05, 0.1) is 0 Å².